The molecule has 4 nitrogen and oxygen atoms in total. The summed E-state index contributed by atoms with van der Waals surface area (Å²) in [5.74, 6) is -2.14. The predicted octanol–water partition coefficient (Wildman–Crippen LogP) is 2.37. The second-order valence-electron chi connectivity index (χ2n) is 6.42. The largest absolute Gasteiger partial charge is 0.550 e. The summed E-state index contributed by atoms with van der Waals surface area (Å²) in [6.07, 6.45) is 4.96. The van der Waals surface area contributed by atoms with Crippen LogP contribution >= 0.6 is 0 Å². The monoisotopic (exact) mass is 316 g/mol. The number of carboxylic acid groups (broad SMARTS) is 1. The number of nitrogens with zero attached hydrogens (tertiary/aromatic N) is 1. The van der Waals surface area contributed by atoms with Crippen molar-refractivity contribution in [1.82, 2.24) is 4.90 Å². The molecular formula is C19H26NO3-. The van der Waals surface area contributed by atoms with Crippen molar-refractivity contribution in [3.8, 4) is 0 Å². The molecule has 1 aliphatic rings. The van der Waals surface area contributed by atoms with Crippen LogP contribution in [0.15, 0.2) is 30.3 Å². The minimum atomic E-state index is -1.07. The van der Waals surface area contributed by atoms with Crippen LogP contribution in [0.25, 0.3) is 0 Å². The first-order chi connectivity index (χ1) is 11.1. The number of unbranched alkanes of at least 4 members (excludes halogenated alkanes) is 1. The molecule has 0 heterocycles. The van der Waals surface area contributed by atoms with Crippen molar-refractivity contribution >= 4 is 11.9 Å². The fraction of sp³-hybridized carbons (Fsp3) is 0.579. The van der Waals surface area contributed by atoms with E-state index in [1.807, 2.05) is 35.2 Å². The summed E-state index contributed by atoms with van der Waals surface area (Å²) in [6, 6.07) is 9.88. The van der Waals surface area contributed by atoms with Crippen LogP contribution in [0.4, 0.5) is 0 Å². The van der Waals surface area contributed by atoms with Crippen LogP contribution in [0.5, 0.6) is 0 Å². The molecule has 2 atom stereocenters. The Labute approximate surface area is 138 Å². The molecule has 1 aromatic rings. The third-order valence-electron chi connectivity index (χ3n) is 4.70. The van der Waals surface area contributed by atoms with Gasteiger partial charge in [0.2, 0.25) is 5.91 Å². The summed E-state index contributed by atoms with van der Waals surface area (Å²) in [5, 5.41) is 11.4. The summed E-state index contributed by atoms with van der Waals surface area (Å²) < 4.78 is 0. The number of rotatable bonds is 7. The maximum absolute atomic E-state index is 13.0. The van der Waals surface area contributed by atoms with Gasteiger partial charge in [0.1, 0.15) is 0 Å². The second kappa shape index (κ2) is 8.70. The van der Waals surface area contributed by atoms with Crippen LogP contribution in [0.2, 0.25) is 0 Å². The second-order valence-corrected chi connectivity index (χ2v) is 6.42. The Morgan fingerprint density at radius 2 is 1.78 bits per heavy atom. The zero-order valence-electron chi connectivity index (χ0n) is 13.9. The fourth-order valence-corrected chi connectivity index (χ4v) is 3.36. The van der Waals surface area contributed by atoms with E-state index in [2.05, 4.69) is 6.92 Å². The minimum absolute atomic E-state index is 0.0174. The van der Waals surface area contributed by atoms with Crippen molar-refractivity contribution in [2.45, 2.75) is 52.0 Å². The third-order valence-corrected chi connectivity index (χ3v) is 4.70. The molecule has 1 fully saturated rings. The Kier molecular flexibility index (Phi) is 6.63. The van der Waals surface area contributed by atoms with Gasteiger partial charge in [0.25, 0.3) is 0 Å². The average Bonchev–Trinajstić information content (AvgIpc) is 2.58. The molecule has 2 rings (SSSR count). The van der Waals surface area contributed by atoms with Gasteiger partial charge in [-0.15, -0.1) is 0 Å². The molecule has 23 heavy (non-hydrogen) atoms. The Morgan fingerprint density at radius 3 is 2.39 bits per heavy atom. The number of carboxylic acids is 1. The molecule has 4 heteroatoms. The lowest BCUT2D eigenvalue weighted by Crippen LogP contribution is -2.46. The van der Waals surface area contributed by atoms with Gasteiger partial charge >= 0.3 is 0 Å². The predicted molar refractivity (Wildman–Crippen MR) is 87.2 cm³/mol. The smallest absolute Gasteiger partial charge is 0.226 e. The summed E-state index contributed by atoms with van der Waals surface area (Å²) in [4.78, 5) is 26.2. The van der Waals surface area contributed by atoms with Crippen LogP contribution in [-0.4, -0.2) is 23.3 Å². The van der Waals surface area contributed by atoms with E-state index < -0.39 is 17.8 Å². The van der Waals surface area contributed by atoms with E-state index in [0.717, 1.165) is 31.2 Å². The van der Waals surface area contributed by atoms with Crippen LogP contribution < -0.4 is 5.11 Å². The van der Waals surface area contributed by atoms with E-state index in [0.29, 0.717) is 25.9 Å². The van der Waals surface area contributed by atoms with Crippen molar-refractivity contribution in [3.63, 3.8) is 0 Å². The molecule has 1 amide bonds. The number of amides is 1. The van der Waals surface area contributed by atoms with E-state index in [1.54, 1.807) is 0 Å². The molecule has 0 aromatic heterocycles. The van der Waals surface area contributed by atoms with Crippen molar-refractivity contribution in [2.75, 3.05) is 6.54 Å². The molecule has 1 saturated carbocycles. The molecule has 0 spiro atoms. The number of aliphatic carboxylic acids is 1. The van der Waals surface area contributed by atoms with Crippen LogP contribution in [0.1, 0.15) is 51.0 Å². The highest BCUT2D eigenvalue weighted by molar-refractivity contribution is 5.84. The SMILES string of the molecule is CCCCN(Cc1ccccc1)C(=O)[C@@H]1CCCC[C@@H]1C(=O)[O-]. The van der Waals surface area contributed by atoms with Crippen LogP contribution in [0.3, 0.4) is 0 Å². The first-order valence-corrected chi connectivity index (χ1v) is 8.67. The van der Waals surface area contributed by atoms with Crippen molar-refractivity contribution in [1.29, 1.82) is 0 Å². The molecule has 0 radical (unpaired) electrons. The van der Waals surface area contributed by atoms with Gasteiger partial charge in [0.15, 0.2) is 0 Å². The molecule has 0 saturated heterocycles. The standard InChI is InChI=1S/C19H27NO3/c1-2-3-13-20(14-15-9-5-4-6-10-15)18(21)16-11-7-8-12-17(16)19(22)23/h4-6,9-10,16-17H,2-3,7-8,11-14H2,1H3,(H,22,23)/p-1/t16-,17+/m1/s1. The topological polar surface area (TPSA) is 60.4 Å². The molecule has 0 bridgehead atoms. The van der Waals surface area contributed by atoms with Crippen molar-refractivity contribution in [3.05, 3.63) is 35.9 Å². The summed E-state index contributed by atoms with van der Waals surface area (Å²) in [5.41, 5.74) is 1.08. The van der Waals surface area contributed by atoms with E-state index in [1.165, 1.54) is 0 Å². The fourth-order valence-electron chi connectivity index (χ4n) is 3.36. The first-order valence-electron chi connectivity index (χ1n) is 8.67. The maximum Gasteiger partial charge on any atom is 0.226 e. The first kappa shape index (κ1) is 17.5. The Balaban J connectivity index is 2.12. The van der Waals surface area contributed by atoms with Gasteiger partial charge < -0.3 is 14.8 Å². The maximum atomic E-state index is 13.0. The normalized spacial score (nSPS) is 20.9. The lowest BCUT2D eigenvalue weighted by atomic mass is 9.78. The molecule has 126 valence electrons. The van der Waals surface area contributed by atoms with Gasteiger partial charge in [0, 0.05) is 30.9 Å². The molecule has 0 aliphatic heterocycles. The average molecular weight is 316 g/mol. The van der Waals surface area contributed by atoms with E-state index in [-0.39, 0.29) is 5.91 Å². The lowest BCUT2D eigenvalue weighted by Gasteiger charge is -2.35. The highest BCUT2D eigenvalue weighted by Crippen LogP contribution is 2.31. The Hall–Kier alpha value is -1.84. The highest BCUT2D eigenvalue weighted by Gasteiger charge is 2.34. The zero-order valence-corrected chi connectivity index (χ0v) is 13.9. The van der Waals surface area contributed by atoms with Crippen molar-refractivity contribution < 1.29 is 14.7 Å². The molecule has 0 N–H and O–H groups in total. The van der Waals surface area contributed by atoms with Gasteiger partial charge in [0.05, 0.1) is 0 Å². The van der Waals surface area contributed by atoms with Crippen LogP contribution in [0, 0.1) is 11.8 Å². The summed E-state index contributed by atoms with van der Waals surface area (Å²) in [7, 11) is 0. The Bertz CT molecular complexity index is 515. The highest BCUT2D eigenvalue weighted by atomic mass is 16.4. The van der Waals surface area contributed by atoms with Crippen molar-refractivity contribution in [2.24, 2.45) is 11.8 Å². The minimum Gasteiger partial charge on any atom is -0.550 e. The third kappa shape index (κ3) is 4.81. The zero-order chi connectivity index (χ0) is 16.7. The summed E-state index contributed by atoms with van der Waals surface area (Å²) in [6.45, 7) is 3.33. The number of hydrogen-bond acceptors (Lipinski definition) is 3. The van der Waals surface area contributed by atoms with Crippen LogP contribution in [-0.2, 0) is 16.1 Å². The number of carbonyl (C=O) groups is 2. The van der Waals surface area contributed by atoms with E-state index in [9.17, 15) is 14.7 Å². The van der Waals surface area contributed by atoms with E-state index in [4.69, 9.17) is 0 Å². The number of benzene rings is 1. The molecule has 1 aliphatic carbocycles. The quantitative estimate of drug-likeness (QED) is 0.776. The van der Waals surface area contributed by atoms with E-state index >= 15 is 0 Å². The molecule has 1 aromatic carbocycles. The van der Waals surface area contributed by atoms with Gasteiger partial charge in [-0.1, -0.05) is 56.5 Å². The van der Waals surface area contributed by atoms with Gasteiger partial charge in [-0.05, 0) is 24.8 Å². The Morgan fingerprint density at radius 1 is 1.13 bits per heavy atom. The molecular weight excluding hydrogens is 290 g/mol. The van der Waals surface area contributed by atoms with Gasteiger partial charge in [-0.25, -0.2) is 0 Å². The van der Waals surface area contributed by atoms with Gasteiger partial charge in [-0.3, -0.25) is 4.79 Å². The molecule has 0 unspecified atom stereocenters. The number of carbonyl (C=O) groups excluding carboxylic acids is 2. The lowest BCUT2D eigenvalue weighted by molar-refractivity contribution is -0.314. The summed E-state index contributed by atoms with van der Waals surface area (Å²) >= 11 is 0. The van der Waals surface area contributed by atoms with Gasteiger partial charge in [-0.2, -0.15) is 0 Å². The number of hydrogen-bond donors (Lipinski definition) is 0.